The molecule has 0 radical (unpaired) electrons. The quantitative estimate of drug-likeness (QED) is 0.726. The molecule has 2 N–H and O–H groups in total. The Balaban J connectivity index is 2.35. The Morgan fingerprint density at radius 1 is 1.25 bits per heavy atom. The van der Waals surface area contributed by atoms with E-state index in [1.54, 1.807) is 0 Å². The number of hydrogen-bond donors (Lipinski definition) is 2. The molecule has 1 amide bonds. The van der Waals surface area contributed by atoms with Crippen LogP contribution in [0.2, 0.25) is 0 Å². The molecule has 1 heterocycles. The van der Waals surface area contributed by atoms with Gasteiger partial charge in [0.25, 0.3) is 0 Å². The molecule has 1 fully saturated rings. The van der Waals surface area contributed by atoms with Gasteiger partial charge in [-0.05, 0) is 0 Å². The number of carboxylic acid groups (broad SMARTS) is 1. The fraction of sp³-hybridized carbons (Fsp3) is 0.875. The van der Waals surface area contributed by atoms with Gasteiger partial charge < -0.3 is 15.1 Å². The van der Waals surface area contributed by atoms with E-state index in [0.29, 0.717) is 0 Å². The second kappa shape index (κ2) is 4.88. The molecule has 1 aliphatic heterocycles. The summed E-state index contributed by atoms with van der Waals surface area (Å²) in [5, 5.41) is 17.4. The molecule has 0 saturated carbocycles. The number of alkyl halides is 3. The zero-order valence-electron chi connectivity index (χ0n) is 8.44. The summed E-state index contributed by atoms with van der Waals surface area (Å²) in [5.74, 6) is 0. The normalized spacial score (nSPS) is 20.9. The number of amides is 1. The highest BCUT2D eigenvalue weighted by atomic mass is 19.4. The molecule has 1 unspecified atom stereocenters. The third-order valence-corrected chi connectivity index (χ3v) is 2.45. The van der Waals surface area contributed by atoms with Crippen molar-refractivity contribution >= 4 is 6.09 Å². The van der Waals surface area contributed by atoms with Crippen LogP contribution in [0, 0.1) is 0 Å². The second-order valence-corrected chi connectivity index (χ2v) is 3.63. The predicted molar refractivity (Wildman–Crippen MR) is 48.1 cm³/mol. The first kappa shape index (κ1) is 13.0. The number of carbonyl (C=O) groups is 1. The van der Waals surface area contributed by atoms with E-state index in [4.69, 9.17) is 10.2 Å². The highest BCUT2D eigenvalue weighted by molar-refractivity contribution is 5.65. The Hall–Kier alpha value is -1.02. The summed E-state index contributed by atoms with van der Waals surface area (Å²) in [5.41, 5.74) is 0. The van der Waals surface area contributed by atoms with Gasteiger partial charge in [0.05, 0.1) is 0 Å². The van der Waals surface area contributed by atoms with Crippen LogP contribution in [-0.4, -0.2) is 71.1 Å². The standard InChI is InChI=1S/C8H13F3N2O3/c9-8(10,11)6(14)5-12-1-3-13(4-2-12)7(15)16/h6,14H,1-5H2,(H,15,16). The summed E-state index contributed by atoms with van der Waals surface area (Å²) >= 11 is 0. The molecular weight excluding hydrogens is 229 g/mol. The summed E-state index contributed by atoms with van der Waals surface area (Å²) in [6, 6.07) is 0. The second-order valence-electron chi connectivity index (χ2n) is 3.63. The van der Waals surface area contributed by atoms with Crippen molar-refractivity contribution in [3.8, 4) is 0 Å². The van der Waals surface area contributed by atoms with E-state index in [1.165, 1.54) is 4.90 Å². The van der Waals surface area contributed by atoms with Crippen molar-refractivity contribution in [2.24, 2.45) is 0 Å². The lowest BCUT2D eigenvalue weighted by atomic mass is 10.2. The van der Waals surface area contributed by atoms with E-state index in [1.807, 2.05) is 0 Å². The van der Waals surface area contributed by atoms with Crippen LogP contribution < -0.4 is 0 Å². The Bertz CT molecular complexity index is 251. The Labute approximate surface area is 90.1 Å². The first-order chi connectivity index (χ1) is 7.30. The van der Waals surface area contributed by atoms with Crippen LogP contribution in [0.1, 0.15) is 0 Å². The minimum atomic E-state index is -4.62. The van der Waals surface area contributed by atoms with Gasteiger partial charge in [0.1, 0.15) is 0 Å². The van der Waals surface area contributed by atoms with Crippen LogP contribution >= 0.6 is 0 Å². The SMILES string of the molecule is O=C(O)N1CCN(CC(O)C(F)(F)F)CC1. The van der Waals surface area contributed by atoms with Gasteiger partial charge in [-0.15, -0.1) is 0 Å². The molecule has 1 saturated heterocycles. The average molecular weight is 242 g/mol. The van der Waals surface area contributed by atoms with Crippen LogP contribution in [0.25, 0.3) is 0 Å². The van der Waals surface area contributed by atoms with Crippen LogP contribution in [-0.2, 0) is 0 Å². The number of aliphatic hydroxyl groups excluding tert-OH is 1. The zero-order chi connectivity index (χ0) is 12.3. The molecule has 5 nitrogen and oxygen atoms in total. The summed E-state index contributed by atoms with van der Waals surface area (Å²) in [6.07, 6.45) is -8.07. The monoisotopic (exact) mass is 242 g/mol. The molecule has 0 aromatic rings. The molecule has 0 spiro atoms. The first-order valence-corrected chi connectivity index (χ1v) is 4.75. The number of halogens is 3. The summed E-state index contributed by atoms with van der Waals surface area (Å²) in [6.45, 7) is 0.246. The maximum absolute atomic E-state index is 12.0. The van der Waals surface area contributed by atoms with Crippen molar-refractivity contribution in [3.05, 3.63) is 0 Å². The third-order valence-electron chi connectivity index (χ3n) is 2.45. The maximum atomic E-state index is 12.0. The van der Waals surface area contributed by atoms with Crippen molar-refractivity contribution in [2.45, 2.75) is 12.3 Å². The largest absolute Gasteiger partial charge is 0.465 e. The number of β-amino-alcohol motifs (C(OH)–C–C–N with tert-alkyl or cyclic N) is 1. The average Bonchev–Trinajstić information content (AvgIpc) is 2.17. The zero-order valence-corrected chi connectivity index (χ0v) is 8.44. The number of piperazine rings is 1. The first-order valence-electron chi connectivity index (χ1n) is 4.75. The highest BCUT2D eigenvalue weighted by Crippen LogP contribution is 2.21. The topological polar surface area (TPSA) is 64.0 Å². The van der Waals surface area contributed by atoms with Crippen molar-refractivity contribution in [1.82, 2.24) is 9.80 Å². The molecule has 16 heavy (non-hydrogen) atoms. The van der Waals surface area contributed by atoms with E-state index in [0.717, 1.165) is 4.90 Å². The molecule has 1 rings (SSSR count). The van der Waals surface area contributed by atoms with Crippen molar-refractivity contribution in [3.63, 3.8) is 0 Å². The number of aliphatic hydroxyl groups is 1. The molecule has 8 heteroatoms. The van der Waals surface area contributed by atoms with E-state index in [9.17, 15) is 18.0 Å². The lowest BCUT2D eigenvalue weighted by Crippen LogP contribution is -2.51. The highest BCUT2D eigenvalue weighted by Gasteiger charge is 2.39. The van der Waals surface area contributed by atoms with Gasteiger partial charge in [-0.1, -0.05) is 0 Å². The minimum Gasteiger partial charge on any atom is -0.465 e. The molecular formula is C8H13F3N2O3. The van der Waals surface area contributed by atoms with E-state index in [2.05, 4.69) is 0 Å². The van der Waals surface area contributed by atoms with Crippen molar-refractivity contribution < 1.29 is 28.2 Å². The van der Waals surface area contributed by atoms with E-state index in [-0.39, 0.29) is 26.2 Å². The van der Waals surface area contributed by atoms with Gasteiger partial charge in [-0.2, -0.15) is 13.2 Å². The van der Waals surface area contributed by atoms with Gasteiger partial charge in [0, 0.05) is 32.7 Å². The summed E-state index contributed by atoms with van der Waals surface area (Å²) in [4.78, 5) is 13.1. The van der Waals surface area contributed by atoms with Crippen LogP contribution in [0.4, 0.5) is 18.0 Å². The summed E-state index contributed by atoms with van der Waals surface area (Å²) < 4.78 is 36.1. The van der Waals surface area contributed by atoms with Gasteiger partial charge in [-0.25, -0.2) is 4.79 Å². The molecule has 94 valence electrons. The Kier molecular flexibility index (Phi) is 3.98. The molecule has 0 bridgehead atoms. The molecule has 0 aromatic carbocycles. The van der Waals surface area contributed by atoms with Crippen molar-refractivity contribution in [2.75, 3.05) is 32.7 Å². The lowest BCUT2D eigenvalue weighted by molar-refractivity contribution is -0.208. The van der Waals surface area contributed by atoms with Crippen LogP contribution in [0.3, 0.4) is 0 Å². The summed E-state index contributed by atoms with van der Waals surface area (Å²) in [7, 11) is 0. The van der Waals surface area contributed by atoms with Gasteiger partial charge in [0.15, 0.2) is 6.10 Å². The number of nitrogens with zero attached hydrogens (tertiary/aromatic N) is 2. The van der Waals surface area contributed by atoms with Gasteiger partial charge >= 0.3 is 12.3 Å². The molecule has 0 aromatic heterocycles. The molecule has 1 atom stereocenters. The van der Waals surface area contributed by atoms with Gasteiger partial charge in [0.2, 0.25) is 0 Å². The fourth-order valence-electron chi connectivity index (χ4n) is 1.47. The third kappa shape index (κ3) is 3.53. The number of hydrogen-bond acceptors (Lipinski definition) is 3. The predicted octanol–water partition coefficient (Wildman–Crippen LogP) is 0.205. The maximum Gasteiger partial charge on any atom is 0.415 e. The minimum absolute atomic E-state index is 0.167. The Morgan fingerprint density at radius 2 is 1.75 bits per heavy atom. The van der Waals surface area contributed by atoms with Gasteiger partial charge in [-0.3, -0.25) is 4.90 Å². The van der Waals surface area contributed by atoms with Crippen LogP contribution in [0.15, 0.2) is 0 Å². The molecule has 0 aliphatic carbocycles. The fourth-order valence-corrected chi connectivity index (χ4v) is 1.47. The van der Waals surface area contributed by atoms with Crippen LogP contribution in [0.5, 0.6) is 0 Å². The van der Waals surface area contributed by atoms with E-state index >= 15 is 0 Å². The van der Waals surface area contributed by atoms with Crippen molar-refractivity contribution in [1.29, 1.82) is 0 Å². The Morgan fingerprint density at radius 3 is 2.12 bits per heavy atom. The van der Waals surface area contributed by atoms with E-state index < -0.39 is 24.9 Å². The number of rotatable bonds is 2. The lowest BCUT2D eigenvalue weighted by Gasteiger charge is -2.34. The smallest absolute Gasteiger partial charge is 0.415 e. The molecule has 1 aliphatic rings.